The number of nitrogens with zero attached hydrogens (tertiary/aromatic N) is 4. The van der Waals surface area contributed by atoms with E-state index in [9.17, 15) is 25.9 Å². The molecule has 0 radical (unpaired) electrons. The van der Waals surface area contributed by atoms with E-state index in [1.165, 1.54) is 10.5 Å². The predicted molar refractivity (Wildman–Crippen MR) is 338 cm³/mol. The van der Waals surface area contributed by atoms with Crippen LogP contribution in [0.1, 0.15) is 23.4 Å². The summed E-state index contributed by atoms with van der Waals surface area (Å²) in [5, 5.41) is 7.33. The molecule has 0 amide bonds. The van der Waals surface area contributed by atoms with Gasteiger partial charge >= 0.3 is 0 Å². The highest BCUT2D eigenvalue weighted by atomic mass is 32.2. The monoisotopic (exact) mass is 1230 g/mol. The lowest BCUT2D eigenvalue weighted by molar-refractivity contribution is -0.667. The van der Waals surface area contributed by atoms with E-state index in [0.29, 0.717) is 112 Å². The highest BCUT2D eigenvalue weighted by molar-refractivity contribution is 8.04. The minimum Gasteiger partial charge on any atom is -0.377 e. The zero-order chi connectivity index (χ0) is 58.1. The van der Waals surface area contributed by atoms with E-state index >= 15 is 0 Å². The van der Waals surface area contributed by atoms with E-state index in [1.807, 2.05) is 54.6 Å². The number of thiazole rings is 1. The number of hydrogen-bond donors (Lipinski definition) is 2. The molecule has 3 aliphatic rings. The first-order chi connectivity index (χ1) is 41.0. The number of thioether (sulfide) groups is 2. The average Bonchev–Trinajstić information content (AvgIpc) is 3.45. The van der Waals surface area contributed by atoms with Crippen molar-refractivity contribution in [2.75, 3.05) is 125 Å². The molecular weight excluding hydrogens is 1170 g/mol. The summed E-state index contributed by atoms with van der Waals surface area (Å²) in [6.07, 6.45) is 11.6. The number of aryl methyl sites for hydroxylation is 1. The highest BCUT2D eigenvalue weighted by Crippen LogP contribution is 2.49. The zero-order valence-electron chi connectivity index (χ0n) is 46.6. The largest absolute Gasteiger partial charge is 0.377 e. The van der Waals surface area contributed by atoms with Gasteiger partial charge in [-0.15, -0.1) is 0 Å². The van der Waals surface area contributed by atoms with Gasteiger partial charge in [-0.05, 0) is 77.4 Å². The number of anilines is 3. The van der Waals surface area contributed by atoms with Gasteiger partial charge in [0.15, 0.2) is 6.54 Å². The second-order valence-corrected chi connectivity index (χ2v) is 26.2. The van der Waals surface area contributed by atoms with Gasteiger partial charge in [0.2, 0.25) is 5.52 Å². The summed E-state index contributed by atoms with van der Waals surface area (Å²) in [6, 6.07) is 41.5. The molecule has 2 N–H and O–H groups in total. The van der Waals surface area contributed by atoms with Gasteiger partial charge in [0.25, 0.3) is 25.2 Å². The maximum Gasteiger partial charge on any atom is 0.265 e. The van der Waals surface area contributed by atoms with E-state index in [2.05, 4.69) is 122 Å². The van der Waals surface area contributed by atoms with Crippen molar-refractivity contribution in [2.24, 2.45) is 0 Å². The Balaban J connectivity index is 0.586. The van der Waals surface area contributed by atoms with E-state index in [0.717, 1.165) is 80.9 Å². The van der Waals surface area contributed by atoms with Gasteiger partial charge in [0.05, 0.1) is 113 Å². The van der Waals surface area contributed by atoms with Gasteiger partial charge in [0.1, 0.15) is 9.73 Å². The molecule has 1 aromatic heterocycles. The van der Waals surface area contributed by atoms with Crippen molar-refractivity contribution in [3.05, 3.63) is 178 Å². The lowest BCUT2D eigenvalue weighted by atomic mass is 10.1. The summed E-state index contributed by atoms with van der Waals surface area (Å²) >= 11 is 4.97. The standard InChI is InChI=1S/C63H68N4O12S5/c68-83(69,70)45-11-29-66-60(81-57-27-25-48-13-1-4-17-52(48)62(57)66)22-9-16-51-47-50-15-3-6-19-54(50)64(51)31-33-74-35-37-76-39-41-78-43-44-79-42-40-77-38-36-75-34-32-65-55-20-7-8-21-56(55)80-59(65)23-10-24-61-67(30-12-46-84(71,72)73)63-53-18-5-2-14-49(53)26-28-58(63)82-61/h1-10,13-21,23-28H,11-12,29-47H2,(H-,68,69,70,71,72,73)/p+1/b51-16-. The number of benzene rings is 6. The van der Waals surface area contributed by atoms with Gasteiger partial charge < -0.3 is 43.1 Å². The molecular formula is C63H69N4O12S5+. The lowest BCUT2D eigenvalue weighted by Crippen LogP contribution is -2.36. The lowest BCUT2D eigenvalue weighted by Gasteiger charge is -2.21. The molecule has 21 heteroatoms. The van der Waals surface area contributed by atoms with E-state index in [-0.39, 0.29) is 17.9 Å². The first-order valence-electron chi connectivity index (χ1n) is 28.1. The van der Waals surface area contributed by atoms with Crippen LogP contribution < -0.4 is 19.3 Å². The van der Waals surface area contributed by atoms with E-state index in [4.69, 9.17) is 28.4 Å². The number of hydrogen-bond acceptors (Lipinski definition) is 16. The van der Waals surface area contributed by atoms with Gasteiger partial charge in [-0.25, -0.2) is 0 Å². The maximum atomic E-state index is 11.6. The molecule has 0 aliphatic carbocycles. The summed E-state index contributed by atoms with van der Waals surface area (Å²) in [5.74, 6) is -0.614. The van der Waals surface area contributed by atoms with Crippen molar-refractivity contribution in [3.8, 4) is 0 Å². The van der Waals surface area contributed by atoms with Crippen LogP contribution in [-0.2, 0) is 61.6 Å². The van der Waals surface area contributed by atoms with Crippen LogP contribution in [0.25, 0.3) is 37.8 Å². The molecule has 4 heterocycles. The van der Waals surface area contributed by atoms with Gasteiger partial charge in [0, 0.05) is 65.1 Å². The molecule has 7 aromatic rings. The highest BCUT2D eigenvalue weighted by Gasteiger charge is 2.29. The number of para-hydroxylation sites is 2. The Hall–Kier alpha value is -5.85. The van der Waals surface area contributed by atoms with Crippen molar-refractivity contribution < 1.29 is 58.9 Å². The number of ether oxygens (including phenoxy) is 6. The van der Waals surface area contributed by atoms with Crippen molar-refractivity contribution in [3.63, 3.8) is 0 Å². The number of allylic oxidation sites excluding steroid dienone is 5. The molecule has 0 fully saturated rings. The van der Waals surface area contributed by atoms with Crippen molar-refractivity contribution in [1.82, 2.24) is 0 Å². The molecule has 442 valence electrons. The quantitative estimate of drug-likeness (QED) is 0.0176. The van der Waals surface area contributed by atoms with E-state index < -0.39 is 20.2 Å². The van der Waals surface area contributed by atoms with Crippen LogP contribution in [0.3, 0.4) is 0 Å². The zero-order valence-corrected chi connectivity index (χ0v) is 50.7. The van der Waals surface area contributed by atoms with Gasteiger partial charge in [-0.1, -0.05) is 132 Å². The second-order valence-electron chi connectivity index (χ2n) is 19.9. The smallest absolute Gasteiger partial charge is 0.265 e. The van der Waals surface area contributed by atoms with Crippen molar-refractivity contribution >= 4 is 110 Å². The molecule has 3 aliphatic heterocycles. The number of fused-ring (bicyclic) bond motifs is 8. The molecule has 0 saturated carbocycles. The fraction of sp³-hybridized carbons (Fsp3) is 0.333. The molecule has 0 unspecified atom stereocenters. The van der Waals surface area contributed by atoms with Crippen LogP contribution in [-0.4, -0.2) is 136 Å². The third kappa shape index (κ3) is 16.6. The molecule has 0 saturated heterocycles. The summed E-state index contributed by atoms with van der Waals surface area (Å²) in [6.45, 7) is 7.76. The molecule has 0 atom stereocenters. The predicted octanol–water partition coefficient (Wildman–Crippen LogP) is 11.2. The maximum absolute atomic E-state index is 11.6. The Labute approximate surface area is 504 Å². The molecule has 0 spiro atoms. The fourth-order valence-electron chi connectivity index (χ4n) is 10.3. The van der Waals surface area contributed by atoms with Crippen LogP contribution in [0, 0.1) is 0 Å². The minimum atomic E-state index is -4.08. The van der Waals surface area contributed by atoms with Crippen LogP contribution in [0.4, 0.5) is 17.1 Å². The normalized spacial score (nSPS) is 15.2. The molecule has 10 rings (SSSR count). The Morgan fingerprint density at radius 1 is 0.548 bits per heavy atom. The fourth-order valence-corrected chi connectivity index (χ4v) is 14.6. The van der Waals surface area contributed by atoms with E-state index in [1.54, 1.807) is 34.9 Å². The Bertz CT molecular complexity index is 3810. The third-order valence-electron chi connectivity index (χ3n) is 14.1. The van der Waals surface area contributed by atoms with Crippen LogP contribution >= 0.6 is 34.9 Å². The Kier molecular flexibility index (Phi) is 21.9. The SMILES string of the molecule is O=S(=O)(O)CCCN1C(=C=C/C=C2/Cc3ccccc3N2CCOCCOCCOCCOCCOCCOCCN2/C(=C\C=C\c3sc4ccc5ccccc5c4[n+]3CCCS(=O)(=O)O)Sc3ccccc32)Sc2ccc3ccccc3c21. The van der Waals surface area contributed by atoms with Crippen LogP contribution in [0.2, 0.25) is 0 Å². The third-order valence-corrected chi connectivity index (χ3v) is 19.1. The van der Waals surface area contributed by atoms with Crippen LogP contribution in [0.5, 0.6) is 0 Å². The first-order valence-corrected chi connectivity index (χ1v) is 33.8. The summed E-state index contributed by atoms with van der Waals surface area (Å²) < 4.78 is 103. The topological polar surface area (TPSA) is 178 Å². The van der Waals surface area contributed by atoms with Gasteiger partial charge in [-0.3, -0.25) is 9.11 Å². The number of aromatic nitrogens is 1. The number of rotatable bonds is 32. The molecule has 16 nitrogen and oxygen atoms in total. The van der Waals surface area contributed by atoms with Crippen molar-refractivity contribution in [2.45, 2.75) is 35.6 Å². The van der Waals surface area contributed by atoms with Gasteiger partial charge in [-0.2, -0.15) is 21.4 Å². The first kappa shape index (κ1) is 61.2. The second kappa shape index (κ2) is 30.0. The summed E-state index contributed by atoms with van der Waals surface area (Å²) in [5.41, 5.74) is 10.2. The average molecular weight is 1230 g/mol. The summed E-state index contributed by atoms with van der Waals surface area (Å²) in [4.78, 5) is 8.91. The molecule has 0 bridgehead atoms. The summed E-state index contributed by atoms with van der Waals surface area (Å²) in [7, 11) is -8.16. The Morgan fingerprint density at radius 3 is 1.81 bits per heavy atom. The Morgan fingerprint density at radius 2 is 1.12 bits per heavy atom. The minimum absolute atomic E-state index is 0.274. The molecule has 6 aromatic carbocycles. The molecule has 84 heavy (non-hydrogen) atoms. The van der Waals surface area contributed by atoms with Crippen LogP contribution in [0.15, 0.2) is 177 Å². The van der Waals surface area contributed by atoms with Crippen molar-refractivity contribution in [1.29, 1.82) is 0 Å².